The van der Waals surface area contributed by atoms with Crippen molar-refractivity contribution in [3.05, 3.63) is 36.5 Å². The Hall–Kier alpha value is -1.81. The molecular weight excluding hydrogens is 238 g/mol. The zero-order valence-electron chi connectivity index (χ0n) is 10.9. The summed E-state index contributed by atoms with van der Waals surface area (Å²) < 4.78 is 5.50. The van der Waals surface area contributed by atoms with E-state index < -0.39 is 0 Å². The SMILES string of the molecule is c1cc(NCC2CCCOC2)cc(-c2ccn[nH]2)c1. The van der Waals surface area contributed by atoms with Crippen molar-refractivity contribution in [1.82, 2.24) is 10.2 Å². The van der Waals surface area contributed by atoms with E-state index in [-0.39, 0.29) is 0 Å². The second kappa shape index (κ2) is 5.89. The van der Waals surface area contributed by atoms with Crippen LogP contribution in [0.3, 0.4) is 0 Å². The van der Waals surface area contributed by atoms with Crippen LogP contribution in [0.2, 0.25) is 0 Å². The van der Waals surface area contributed by atoms with E-state index in [1.807, 2.05) is 6.07 Å². The Morgan fingerprint density at radius 1 is 1.37 bits per heavy atom. The molecule has 0 saturated carbocycles. The first-order chi connectivity index (χ1) is 9.42. The third-order valence-corrected chi connectivity index (χ3v) is 3.52. The maximum Gasteiger partial charge on any atom is 0.0650 e. The molecular formula is C15H19N3O. The van der Waals surface area contributed by atoms with Gasteiger partial charge in [-0.3, -0.25) is 5.10 Å². The number of ether oxygens (including phenoxy) is 1. The third-order valence-electron chi connectivity index (χ3n) is 3.52. The lowest BCUT2D eigenvalue weighted by atomic mass is 10.0. The summed E-state index contributed by atoms with van der Waals surface area (Å²) in [7, 11) is 0. The molecule has 100 valence electrons. The molecule has 1 saturated heterocycles. The fraction of sp³-hybridized carbons (Fsp3) is 0.400. The van der Waals surface area contributed by atoms with Crippen LogP contribution in [0.15, 0.2) is 36.5 Å². The molecule has 19 heavy (non-hydrogen) atoms. The van der Waals surface area contributed by atoms with Crippen molar-refractivity contribution < 1.29 is 4.74 Å². The summed E-state index contributed by atoms with van der Waals surface area (Å²) in [5, 5.41) is 10.5. The van der Waals surface area contributed by atoms with Crippen molar-refractivity contribution in [2.75, 3.05) is 25.1 Å². The molecule has 1 unspecified atom stereocenters. The minimum atomic E-state index is 0.629. The Labute approximate surface area is 113 Å². The topological polar surface area (TPSA) is 49.9 Å². The summed E-state index contributed by atoms with van der Waals surface area (Å²) in [6, 6.07) is 10.4. The fourth-order valence-corrected chi connectivity index (χ4v) is 2.44. The van der Waals surface area contributed by atoms with Crippen LogP contribution in [-0.2, 0) is 4.74 Å². The molecule has 1 aliphatic rings. The predicted molar refractivity (Wildman–Crippen MR) is 76.1 cm³/mol. The van der Waals surface area contributed by atoms with Crippen molar-refractivity contribution >= 4 is 5.69 Å². The maximum absolute atomic E-state index is 5.50. The zero-order chi connectivity index (χ0) is 12.9. The third kappa shape index (κ3) is 3.15. The number of H-pyrrole nitrogens is 1. The molecule has 1 aromatic carbocycles. The highest BCUT2D eigenvalue weighted by Crippen LogP contribution is 2.21. The number of benzene rings is 1. The summed E-state index contributed by atoms with van der Waals surface area (Å²) in [6.45, 7) is 2.78. The molecule has 1 atom stereocenters. The molecule has 0 amide bonds. The van der Waals surface area contributed by atoms with E-state index in [4.69, 9.17) is 4.74 Å². The monoisotopic (exact) mass is 257 g/mol. The molecule has 0 aliphatic carbocycles. The largest absolute Gasteiger partial charge is 0.385 e. The van der Waals surface area contributed by atoms with Gasteiger partial charge in [-0.2, -0.15) is 5.10 Å². The molecule has 2 aromatic rings. The molecule has 2 heterocycles. The summed E-state index contributed by atoms with van der Waals surface area (Å²) in [5.74, 6) is 0.629. The highest BCUT2D eigenvalue weighted by atomic mass is 16.5. The van der Waals surface area contributed by atoms with Crippen LogP contribution < -0.4 is 5.32 Å². The normalized spacial score (nSPS) is 19.3. The van der Waals surface area contributed by atoms with Crippen LogP contribution in [-0.4, -0.2) is 30.0 Å². The Bertz CT molecular complexity index is 504. The lowest BCUT2D eigenvalue weighted by Crippen LogP contribution is -2.24. The number of aromatic amines is 1. The highest BCUT2D eigenvalue weighted by Gasteiger charge is 2.13. The van der Waals surface area contributed by atoms with Gasteiger partial charge in [-0.25, -0.2) is 0 Å². The van der Waals surface area contributed by atoms with Gasteiger partial charge in [0, 0.05) is 30.6 Å². The van der Waals surface area contributed by atoms with Gasteiger partial charge in [0.15, 0.2) is 0 Å². The van der Waals surface area contributed by atoms with E-state index in [1.54, 1.807) is 6.20 Å². The number of rotatable bonds is 4. The second-order valence-corrected chi connectivity index (χ2v) is 5.02. The average Bonchev–Trinajstić information content (AvgIpc) is 3.01. The van der Waals surface area contributed by atoms with E-state index in [0.29, 0.717) is 5.92 Å². The highest BCUT2D eigenvalue weighted by molar-refractivity contribution is 5.64. The first-order valence-electron chi connectivity index (χ1n) is 6.83. The zero-order valence-corrected chi connectivity index (χ0v) is 10.9. The van der Waals surface area contributed by atoms with Crippen LogP contribution >= 0.6 is 0 Å². The summed E-state index contributed by atoms with van der Waals surface area (Å²) in [6.07, 6.45) is 4.21. The molecule has 1 fully saturated rings. The number of nitrogens with zero attached hydrogens (tertiary/aromatic N) is 1. The summed E-state index contributed by atoms with van der Waals surface area (Å²) >= 11 is 0. The van der Waals surface area contributed by atoms with Gasteiger partial charge < -0.3 is 10.1 Å². The summed E-state index contributed by atoms with van der Waals surface area (Å²) in [5.41, 5.74) is 3.35. The molecule has 4 nitrogen and oxygen atoms in total. The van der Waals surface area contributed by atoms with E-state index in [9.17, 15) is 0 Å². The average molecular weight is 257 g/mol. The minimum absolute atomic E-state index is 0.629. The van der Waals surface area contributed by atoms with Gasteiger partial charge in [-0.15, -0.1) is 0 Å². The van der Waals surface area contributed by atoms with Gasteiger partial charge in [0.1, 0.15) is 0 Å². The summed E-state index contributed by atoms with van der Waals surface area (Å²) in [4.78, 5) is 0. The van der Waals surface area contributed by atoms with Gasteiger partial charge in [-0.05, 0) is 37.0 Å². The van der Waals surface area contributed by atoms with E-state index in [0.717, 1.165) is 36.7 Å². The van der Waals surface area contributed by atoms with Crippen molar-refractivity contribution in [3.8, 4) is 11.3 Å². The fourth-order valence-electron chi connectivity index (χ4n) is 2.44. The Morgan fingerprint density at radius 3 is 3.16 bits per heavy atom. The molecule has 4 heteroatoms. The quantitative estimate of drug-likeness (QED) is 0.885. The van der Waals surface area contributed by atoms with E-state index in [2.05, 4.69) is 39.8 Å². The number of nitrogens with one attached hydrogen (secondary N) is 2. The Morgan fingerprint density at radius 2 is 2.37 bits per heavy atom. The van der Waals surface area contributed by atoms with Crippen LogP contribution in [0.25, 0.3) is 11.3 Å². The van der Waals surface area contributed by atoms with Gasteiger partial charge in [0.2, 0.25) is 0 Å². The van der Waals surface area contributed by atoms with Gasteiger partial charge in [0.05, 0.1) is 12.3 Å². The standard InChI is InChI=1S/C15H19N3O/c1-4-13(15-6-7-17-18-15)9-14(5-1)16-10-12-3-2-8-19-11-12/h1,4-7,9,12,16H,2-3,8,10-11H2,(H,17,18). The second-order valence-electron chi connectivity index (χ2n) is 5.02. The molecule has 0 bridgehead atoms. The minimum Gasteiger partial charge on any atom is -0.385 e. The molecule has 3 rings (SSSR count). The van der Waals surface area contributed by atoms with Crippen LogP contribution in [0.4, 0.5) is 5.69 Å². The van der Waals surface area contributed by atoms with Crippen LogP contribution in [0.5, 0.6) is 0 Å². The number of hydrogen-bond donors (Lipinski definition) is 2. The van der Waals surface area contributed by atoms with Crippen molar-refractivity contribution in [2.24, 2.45) is 5.92 Å². The number of hydrogen-bond acceptors (Lipinski definition) is 3. The van der Waals surface area contributed by atoms with Crippen LogP contribution in [0, 0.1) is 5.92 Å². The molecule has 1 aromatic heterocycles. The number of aromatic nitrogens is 2. The van der Waals surface area contributed by atoms with Crippen LogP contribution in [0.1, 0.15) is 12.8 Å². The van der Waals surface area contributed by atoms with Gasteiger partial charge in [-0.1, -0.05) is 12.1 Å². The lowest BCUT2D eigenvalue weighted by molar-refractivity contribution is 0.0595. The first-order valence-corrected chi connectivity index (χ1v) is 6.83. The maximum atomic E-state index is 5.50. The predicted octanol–water partition coefficient (Wildman–Crippen LogP) is 2.92. The molecule has 2 N–H and O–H groups in total. The van der Waals surface area contributed by atoms with Crippen molar-refractivity contribution in [2.45, 2.75) is 12.8 Å². The molecule has 1 aliphatic heterocycles. The lowest BCUT2D eigenvalue weighted by Gasteiger charge is -2.22. The Balaban J connectivity index is 1.63. The van der Waals surface area contributed by atoms with E-state index >= 15 is 0 Å². The van der Waals surface area contributed by atoms with Gasteiger partial charge >= 0.3 is 0 Å². The first kappa shape index (κ1) is 12.2. The van der Waals surface area contributed by atoms with Crippen molar-refractivity contribution in [1.29, 1.82) is 0 Å². The molecule has 0 radical (unpaired) electrons. The smallest absolute Gasteiger partial charge is 0.0650 e. The van der Waals surface area contributed by atoms with Crippen molar-refractivity contribution in [3.63, 3.8) is 0 Å². The Kier molecular flexibility index (Phi) is 3.79. The number of anilines is 1. The molecule has 0 spiro atoms. The van der Waals surface area contributed by atoms with E-state index in [1.165, 1.54) is 12.8 Å². The van der Waals surface area contributed by atoms with Gasteiger partial charge in [0.25, 0.3) is 0 Å².